The number of amides is 4. The molecular formula is C24H38N4O3. The molecule has 2 bridgehead atoms. The van der Waals surface area contributed by atoms with Crippen LogP contribution in [0.5, 0.6) is 0 Å². The number of urea groups is 1. The Hall–Kier alpha value is -1.79. The van der Waals surface area contributed by atoms with E-state index in [0.717, 1.165) is 64.6 Å². The molecule has 1 saturated carbocycles. The third-order valence-corrected chi connectivity index (χ3v) is 8.54. The van der Waals surface area contributed by atoms with Gasteiger partial charge in [0.15, 0.2) is 0 Å². The first-order valence-corrected chi connectivity index (χ1v) is 12.7. The van der Waals surface area contributed by atoms with Gasteiger partial charge in [-0.1, -0.05) is 19.3 Å². The standard InChI is InChI=1S/C24H38N4O3/c29-22-8-4-7-21-19-13-17(15-28(21)22)14-27(16-19)24(31)26-11-9-18(10-12-26)23(30)25-20-5-2-1-3-6-20/h17-21H,1-16H2,(H,25,30)/t17?,19?,21-/m1/s1. The number of hydrogen-bond acceptors (Lipinski definition) is 3. The third-order valence-electron chi connectivity index (χ3n) is 8.54. The molecule has 172 valence electrons. The number of nitrogens with one attached hydrogen (secondary N) is 1. The van der Waals surface area contributed by atoms with Crippen molar-refractivity contribution in [2.75, 3.05) is 32.7 Å². The Morgan fingerprint density at radius 3 is 2.39 bits per heavy atom. The molecule has 0 aromatic rings. The fourth-order valence-corrected chi connectivity index (χ4v) is 6.87. The van der Waals surface area contributed by atoms with Crippen molar-refractivity contribution < 1.29 is 14.4 Å². The highest BCUT2D eigenvalue weighted by Gasteiger charge is 2.45. The van der Waals surface area contributed by atoms with Crippen molar-refractivity contribution in [3.8, 4) is 0 Å². The van der Waals surface area contributed by atoms with Crippen LogP contribution < -0.4 is 5.32 Å². The highest BCUT2D eigenvalue weighted by Crippen LogP contribution is 2.38. The molecule has 3 atom stereocenters. The molecule has 0 radical (unpaired) electrons. The van der Waals surface area contributed by atoms with Crippen molar-refractivity contribution in [1.82, 2.24) is 20.0 Å². The van der Waals surface area contributed by atoms with Gasteiger partial charge in [0.1, 0.15) is 0 Å². The maximum atomic E-state index is 13.3. The van der Waals surface area contributed by atoms with Crippen molar-refractivity contribution in [1.29, 1.82) is 0 Å². The number of hydrogen-bond donors (Lipinski definition) is 1. The summed E-state index contributed by atoms with van der Waals surface area (Å²) in [7, 11) is 0. The van der Waals surface area contributed by atoms with Gasteiger partial charge in [0, 0.05) is 57.1 Å². The molecule has 0 aromatic carbocycles. The summed E-state index contributed by atoms with van der Waals surface area (Å²) in [4.78, 5) is 44.4. The summed E-state index contributed by atoms with van der Waals surface area (Å²) in [6.07, 6.45) is 11.5. The second kappa shape index (κ2) is 8.99. The Bertz CT molecular complexity index is 699. The van der Waals surface area contributed by atoms with E-state index in [1.54, 1.807) is 0 Å². The first-order valence-electron chi connectivity index (χ1n) is 12.7. The van der Waals surface area contributed by atoms with Gasteiger partial charge < -0.3 is 20.0 Å². The molecule has 0 aromatic heterocycles. The van der Waals surface area contributed by atoms with E-state index in [0.29, 0.717) is 49.3 Å². The van der Waals surface area contributed by atoms with Gasteiger partial charge >= 0.3 is 6.03 Å². The molecule has 2 unspecified atom stereocenters. The zero-order valence-corrected chi connectivity index (χ0v) is 18.8. The van der Waals surface area contributed by atoms with Gasteiger partial charge in [-0.25, -0.2) is 4.79 Å². The number of piperidine rings is 4. The fourth-order valence-electron chi connectivity index (χ4n) is 6.87. The minimum Gasteiger partial charge on any atom is -0.353 e. The Morgan fingerprint density at radius 2 is 1.61 bits per heavy atom. The lowest BCUT2D eigenvalue weighted by Crippen LogP contribution is -2.62. The first-order chi connectivity index (χ1) is 15.1. The molecule has 5 fully saturated rings. The van der Waals surface area contributed by atoms with Crippen molar-refractivity contribution in [3.05, 3.63) is 0 Å². The lowest BCUT2D eigenvalue weighted by molar-refractivity contribution is -0.144. The summed E-state index contributed by atoms with van der Waals surface area (Å²) in [5.74, 6) is 1.42. The Labute approximate surface area is 185 Å². The number of nitrogens with zero attached hydrogens (tertiary/aromatic N) is 3. The van der Waals surface area contributed by atoms with Crippen molar-refractivity contribution >= 4 is 17.8 Å². The molecule has 4 aliphatic heterocycles. The van der Waals surface area contributed by atoms with Crippen LogP contribution in [0, 0.1) is 17.8 Å². The summed E-state index contributed by atoms with van der Waals surface area (Å²) in [5, 5.41) is 3.27. The van der Waals surface area contributed by atoms with E-state index in [-0.39, 0.29) is 17.9 Å². The van der Waals surface area contributed by atoms with Crippen LogP contribution in [-0.2, 0) is 9.59 Å². The van der Waals surface area contributed by atoms with Crippen molar-refractivity contribution in [2.45, 2.75) is 82.7 Å². The van der Waals surface area contributed by atoms with E-state index in [1.165, 1.54) is 19.3 Å². The van der Waals surface area contributed by atoms with Crippen LogP contribution in [0.1, 0.15) is 70.6 Å². The van der Waals surface area contributed by atoms with E-state index in [2.05, 4.69) is 15.1 Å². The summed E-state index contributed by atoms with van der Waals surface area (Å²) in [5.41, 5.74) is 0. The van der Waals surface area contributed by atoms with Crippen LogP contribution in [-0.4, -0.2) is 77.4 Å². The van der Waals surface area contributed by atoms with E-state index in [1.807, 2.05) is 4.90 Å². The van der Waals surface area contributed by atoms with Crippen LogP contribution in [0.3, 0.4) is 0 Å². The van der Waals surface area contributed by atoms with E-state index < -0.39 is 0 Å². The smallest absolute Gasteiger partial charge is 0.320 e. The van der Waals surface area contributed by atoms with Crippen molar-refractivity contribution in [3.63, 3.8) is 0 Å². The Balaban J connectivity index is 1.12. The van der Waals surface area contributed by atoms with Gasteiger partial charge in [0.25, 0.3) is 0 Å². The third kappa shape index (κ3) is 4.42. The predicted octanol–water partition coefficient (Wildman–Crippen LogP) is 2.60. The molecule has 1 aliphatic carbocycles. The topological polar surface area (TPSA) is 73.0 Å². The van der Waals surface area contributed by atoms with Gasteiger partial charge in [0.2, 0.25) is 11.8 Å². The van der Waals surface area contributed by atoms with Crippen LogP contribution in [0.4, 0.5) is 4.79 Å². The highest BCUT2D eigenvalue weighted by atomic mass is 16.2. The van der Waals surface area contributed by atoms with Crippen LogP contribution in [0.15, 0.2) is 0 Å². The first kappa shape index (κ1) is 21.1. The van der Waals surface area contributed by atoms with Crippen molar-refractivity contribution in [2.24, 2.45) is 17.8 Å². The van der Waals surface area contributed by atoms with Gasteiger partial charge in [-0.2, -0.15) is 0 Å². The quantitative estimate of drug-likeness (QED) is 0.732. The minimum atomic E-state index is 0.0496. The lowest BCUT2D eigenvalue weighted by atomic mass is 9.76. The molecule has 1 N–H and O–H groups in total. The van der Waals surface area contributed by atoms with Gasteiger partial charge in [-0.3, -0.25) is 9.59 Å². The summed E-state index contributed by atoms with van der Waals surface area (Å²) >= 11 is 0. The summed E-state index contributed by atoms with van der Waals surface area (Å²) in [6, 6.07) is 0.846. The molecule has 4 saturated heterocycles. The molecule has 31 heavy (non-hydrogen) atoms. The molecule has 4 amide bonds. The maximum Gasteiger partial charge on any atom is 0.320 e. The van der Waals surface area contributed by atoms with Gasteiger partial charge in [0.05, 0.1) is 0 Å². The van der Waals surface area contributed by atoms with E-state index in [9.17, 15) is 14.4 Å². The molecule has 5 aliphatic rings. The molecule has 0 spiro atoms. The Morgan fingerprint density at radius 1 is 0.839 bits per heavy atom. The zero-order valence-electron chi connectivity index (χ0n) is 18.8. The molecular weight excluding hydrogens is 392 g/mol. The number of carbonyl (C=O) groups excluding carboxylic acids is 3. The monoisotopic (exact) mass is 430 g/mol. The minimum absolute atomic E-state index is 0.0496. The second-order valence-corrected chi connectivity index (χ2v) is 10.7. The normalized spacial score (nSPS) is 32.6. The van der Waals surface area contributed by atoms with Crippen LogP contribution in [0.2, 0.25) is 0 Å². The molecule has 7 nitrogen and oxygen atoms in total. The summed E-state index contributed by atoms with van der Waals surface area (Å²) < 4.78 is 0. The predicted molar refractivity (Wildman–Crippen MR) is 117 cm³/mol. The average Bonchev–Trinajstić information content (AvgIpc) is 2.80. The second-order valence-electron chi connectivity index (χ2n) is 10.7. The maximum absolute atomic E-state index is 13.3. The zero-order chi connectivity index (χ0) is 21.4. The highest BCUT2D eigenvalue weighted by molar-refractivity contribution is 5.80. The molecule has 4 heterocycles. The molecule has 7 heteroatoms. The Kier molecular flexibility index (Phi) is 6.11. The SMILES string of the molecule is O=C(NC1CCCCC1)C1CCN(C(=O)N2CC3CC(C2)[C@H]2CCCC(=O)N2C3)CC1. The van der Waals surface area contributed by atoms with Gasteiger partial charge in [-0.05, 0) is 56.8 Å². The number of likely N-dealkylation sites (tertiary alicyclic amines) is 2. The summed E-state index contributed by atoms with van der Waals surface area (Å²) in [6.45, 7) is 3.75. The van der Waals surface area contributed by atoms with Crippen LogP contribution in [0.25, 0.3) is 0 Å². The number of carbonyl (C=O) groups is 3. The largest absolute Gasteiger partial charge is 0.353 e. The molecule has 5 rings (SSSR count). The van der Waals surface area contributed by atoms with Crippen LogP contribution >= 0.6 is 0 Å². The number of rotatable bonds is 2. The number of fused-ring (bicyclic) bond motifs is 4. The lowest BCUT2D eigenvalue weighted by Gasteiger charge is -2.53. The van der Waals surface area contributed by atoms with E-state index >= 15 is 0 Å². The van der Waals surface area contributed by atoms with E-state index in [4.69, 9.17) is 0 Å². The average molecular weight is 431 g/mol. The fraction of sp³-hybridized carbons (Fsp3) is 0.875. The van der Waals surface area contributed by atoms with Gasteiger partial charge in [-0.15, -0.1) is 0 Å².